The number of aromatic nitrogens is 2. The molecule has 0 aliphatic carbocycles. The van der Waals surface area contributed by atoms with Crippen molar-refractivity contribution in [2.75, 3.05) is 7.11 Å². The highest BCUT2D eigenvalue weighted by Crippen LogP contribution is 2.37. The number of allylic oxidation sites excluding steroid dienone is 1. The molecule has 5 nitrogen and oxygen atoms in total. The zero-order chi connectivity index (χ0) is 21.4. The molecule has 3 aromatic carbocycles. The minimum absolute atomic E-state index is 0.365. The van der Waals surface area contributed by atoms with E-state index in [1.54, 1.807) is 6.07 Å². The van der Waals surface area contributed by atoms with Crippen LogP contribution < -0.4 is 4.74 Å². The van der Waals surface area contributed by atoms with Crippen molar-refractivity contribution in [2.24, 2.45) is 0 Å². The molecule has 0 amide bonds. The molecule has 5 heteroatoms. The van der Waals surface area contributed by atoms with Gasteiger partial charge in [-0.05, 0) is 54.0 Å². The smallest absolute Gasteiger partial charge is 0.337 e. The number of rotatable bonds is 3. The molecule has 0 saturated heterocycles. The minimum atomic E-state index is -0.365. The Balaban J connectivity index is 1.67. The van der Waals surface area contributed by atoms with Crippen LogP contribution in [0.4, 0.5) is 0 Å². The first-order valence-corrected chi connectivity index (χ1v) is 10.2. The number of carbonyl (C=O) groups is 1. The normalized spacial score (nSPS) is 13.9. The number of fused-ring (bicyclic) bond motifs is 3. The second-order valence-electron chi connectivity index (χ2n) is 7.52. The van der Waals surface area contributed by atoms with E-state index >= 15 is 0 Å². The molecule has 0 spiro atoms. The van der Waals surface area contributed by atoms with E-state index in [9.17, 15) is 4.79 Å². The Morgan fingerprint density at radius 3 is 2.77 bits per heavy atom. The second-order valence-corrected chi connectivity index (χ2v) is 7.52. The number of para-hydroxylation sites is 2. The van der Waals surface area contributed by atoms with Crippen LogP contribution >= 0.6 is 0 Å². The van der Waals surface area contributed by atoms with Crippen LogP contribution in [0.3, 0.4) is 0 Å². The number of hydrogen-bond donors (Lipinski definition) is 0. The Kier molecular flexibility index (Phi) is 4.79. The van der Waals surface area contributed by atoms with Crippen LogP contribution in [0.1, 0.15) is 32.9 Å². The average molecular weight is 410 g/mol. The number of benzene rings is 3. The van der Waals surface area contributed by atoms with Gasteiger partial charge < -0.3 is 14.0 Å². The Morgan fingerprint density at radius 1 is 1.10 bits per heavy atom. The molecule has 0 unspecified atom stereocenters. The van der Waals surface area contributed by atoms with E-state index in [0.29, 0.717) is 18.7 Å². The highest BCUT2D eigenvalue weighted by atomic mass is 16.5. The van der Waals surface area contributed by atoms with Gasteiger partial charge in [0.05, 0.1) is 23.7 Å². The largest absolute Gasteiger partial charge is 0.488 e. The van der Waals surface area contributed by atoms with Gasteiger partial charge in [0.2, 0.25) is 0 Å². The molecule has 0 saturated carbocycles. The van der Waals surface area contributed by atoms with Crippen molar-refractivity contribution in [3.63, 3.8) is 0 Å². The van der Waals surface area contributed by atoms with Gasteiger partial charge >= 0.3 is 5.97 Å². The predicted octanol–water partition coefficient (Wildman–Crippen LogP) is 5.16. The van der Waals surface area contributed by atoms with Crippen molar-refractivity contribution >= 4 is 22.6 Å². The number of esters is 1. The molecule has 0 atom stereocenters. The number of nitrogens with zero attached hydrogens (tertiary/aromatic N) is 2. The molecule has 1 aliphatic rings. The fourth-order valence-electron chi connectivity index (χ4n) is 4.15. The van der Waals surface area contributed by atoms with Crippen molar-refractivity contribution < 1.29 is 14.3 Å². The highest BCUT2D eigenvalue weighted by molar-refractivity contribution is 5.93. The predicted molar refractivity (Wildman–Crippen MR) is 120 cm³/mol. The molecule has 0 bridgehead atoms. The number of methoxy groups -OCH3 is 1. The molecule has 1 aliphatic heterocycles. The first-order valence-electron chi connectivity index (χ1n) is 10.2. The Hall–Kier alpha value is -3.86. The average Bonchev–Trinajstić information content (AvgIpc) is 3.03. The standard InChI is InChI=1S/C26H22N2O3/c1-17-27-23-9-5-6-10-24(23)28(17)14-13-21-20-8-4-3-7-19(20)16-31-25-12-11-18(15-22(21)25)26(29)30-2/h3-13,15H,14,16H2,1-2H3/b21-13+. The van der Waals surface area contributed by atoms with E-state index in [0.717, 1.165) is 44.9 Å². The van der Waals surface area contributed by atoms with Gasteiger partial charge in [0, 0.05) is 12.1 Å². The topological polar surface area (TPSA) is 53.4 Å². The maximum atomic E-state index is 12.2. The fraction of sp³-hybridized carbons (Fsp3) is 0.154. The third-order valence-corrected chi connectivity index (χ3v) is 5.70. The lowest BCUT2D eigenvalue weighted by Crippen LogP contribution is -2.03. The Morgan fingerprint density at radius 2 is 1.90 bits per heavy atom. The first kappa shape index (κ1) is 19.1. The molecule has 2 heterocycles. The van der Waals surface area contributed by atoms with Gasteiger partial charge in [0.15, 0.2) is 0 Å². The lowest BCUT2D eigenvalue weighted by molar-refractivity contribution is 0.0600. The summed E-state index contributed by atoms with van der Waals surface area (Å²) in [6.45, 7) is 3.15. The van der Waals surface area contributed by atoms with Crippen LogP contribution in [-0.2, 0) is 17.9 Å². The number of carbonyl (C=O) groups excluding carboxylic acids is 1. The summed E-state index contributed by atoms with van der Waals surface area (Å²) in [4.78, 5) is 16.9. The maximum absolute atomic E-state index is 12.2. The second kappa shape index (κ2) is 7.76. The molecule has 1 aromatic heterocycles. The van der Waals surface area contributed by atoms with Crippen molar-refractivity contribution in [3.8, 4) is 5.75 Å². The lowest BCUT2D eigenvalue weighted by atomic mass is 9.93. The number of hydrogen-bond acceptors (Lipinski definition) is 4. The van der Waals surface area contributed by atoms with Crippen LogP contribution in [-0.4, -0.2) is 22.6 Å². The van der Waals surface area contributed by atoms with E-state index in [1.165, 1.54) is 7.11 Å². The Bertz CT molecular complexity index is 1330. The molecule has 5 rings (SSSR count). The summed E-state index contributed by atoms with van der Waals surface area (Å²) >= 11 is 0. The molecule has 0 fully saturated rings. The van der Waals surface area contributed by atoms with E-state index in [-0.39, 0.29) is 5.97 Å². The van der Waals surface area contributed by atoms with Crippen LogP contribution in [0.15, 0.2) is 72.8 Å². The summed E-state index contributed by atoms with van der Waals surface area (Å²) in [5, 5.41) is 0. The quantitative estimate of drug-likeness (QED) is 0.438. The maximum Gasteiger partial charge on any atom is 0.337 e. The highest BCUT2D eigenvalue weighted by Gasteiger charge is 2.21. The van der Waals surface area contributed by atoms with Gasteiger partial charge in [-0.25, -0.2) is 9.78 Å². The summed E-state index contributed by atoms with van der Waals surface area (Å²) in [6, 6.07) is 21.8. The number of imidazole rings is 1. The first-order chi connectivity index (χ1) is 15.2. The van der Waals surface area contributed by atoms with Crippen molar-refractivity contribution in [1.82, 2.24) is 9.55 Å². The van der Waals surface area contributed by atoms with Gasteiger partial charge in [-0.1, -0.05) is 42.5 Å². The SMILES string of the molecule is COC(=O)c1ccc2c(c1)/C(=C/Cn1c(C)nc3ccccc31)c1ccccc1CO2. The zero-order valence-corrected chi connectivity index (χ0v) is 17.5. The third-order valence-electron chi connectivity index (χ3n) is 5.70. The molecular formula is C26H22N2O3. The minimum Gasteiger partial charge on any atom is -0.488 e. The van der Waals surface area contributed by atoms with Gasteiger partial charge in [-0.3, -0.25) is 0 Å². The molecule has 0 radical (unpaired) electrons. The molecule has 154 valence electrons. The molecule has 4 aromatic rings. The van der Waals surface area contributed by atoms with Crippen LogP contribution in [0.2, 0.25) is 0 Å². The summed E-state index contributed by atoms with van der Waals surface area (Å²) < 4.78 is 13.2. The van der Waals surface area contributed by atoms with E-state index < -0.39 is 0 Å². The van der Waals surface area contributed by atoms with E-state index in [2.05, 4.69) is 33.8 Å². The summed E-state index contributed by atoms with van der Waals surface area (Å²) in [5.74, 6) is 1.35. The van der Waals surface area contributed by atoms with Crippen LogP contribution in [0, 0.1) is 6.92 Å². The van der Waals surface area contributed by atoms with Gasteiger partial charge in [0.25, 0.3) is 0 Å². The van der Waals surface area contributed by atoms with Crippen LogP contribution in [0.25, 0.3) is 16.6 Å². The molecule has 0 N–H and O–H groups in total. The van der Waals surface area contributed by atoms with Crippen LogP contribution in [0.5, 0.6) is 5.75 Å². The third kappa shape index (κ3) is 3.38. The fourth-order valence-corrected chi connectivity index (χ4v) is 4.15. The number of ether oxygens (including phenoxy) is 2. The lowest BCUT2D eigenvalue weighted by Gasteiger charge is -2.13. The van der Waals surface area contributed by atoms with Gasteiger partial charge in [-0.2, -0.15) is 0 Å². The van der Waals surface area contributed by atoms with E-state index in [4.69, 9.17) is 9.47 Å². The summed E-state index contributed by atoms with van der Waals surface area (Å²) in [7, 11) is 1.39. The molecule has 31 heavy (non-hydrogen) atoms. The Labute approximate surface area is 180 Å². The van der Waals surface area contributed by atoms with Crippen molar-refractivity contribution in [2.45, 2.75) is 20.1 Å². The molecular weight excluding hydrogens is 388 g/mol. The van der Waals surface area contributed by atoms with Crippen molar-refractivity contribution in [3.05, 3.63) is 101 Å². The summed E-state index contributed by atoms with van der Waals surface area (Å²) in [5.41, 5.74) is 6.71. The van der Waals surface area contributed by atoms with E-state index in [1.807, 2.05) is 49.4 Å². The number of aryl methyl sites for hydroxylation is 1. The van der Waals surface area contributed by atoms with Gasteiger partial charge in [-0.15, -0.1) is 0 Å². The monoisotopic (exact) mass is 410 g/mol. The zero-order valence-electron chi connectivity index (χ0n) is 17.5. The summed E-state index contributed by atoms with van der Waals surface area (Å²) in [6.07, 6.45) is 2.19. The van der Waals surface area contributed by atoms with Crippen molar-refractivity contribution in [1.29, 1.82) is 0 Å². The van der Waals surface area contributed by atoms with Gasteiger partial charge in [0.1, 0.15) is 18.2 Å².